The largest absolute Gasteiger partial charge is 0.469 e. The molecule has 0 aromatic carbocycles. The first kappa shape index (κ1) is 11.7. The summed E-state index contributed by atoms with van der Waals surface area (Å²) in [5.41, 5.74) is 5.91. The summed E-state index contributed by atoms with van der Waals surface area (Å²) >= 11 is 4.74. The second-order valence-electron chi connectivity index (χ2n) is 3.39. The number of nitrogens with two attached hydrogens (primary N) is 1. The van der Waals surface area contributed by atoms with Crippen LogP contribution in [0.5, 0.6) is 0 Å². The van der Waals surface area contributed by atoms with Gasteiger partial charge in [-0.3, -0.25) is 4.79 Å². The summed E-state index contributed by atoms with van der Waals surface area (Å²) in [4.78, 5) is 13.7. The van der Waals surface area contributed by atoms with Crippen LogP contribution in [0.3, 0.4) is 0 Å². The number of nitrogens with zero attached hydrogens (tertiary/aromatic N) is 1. The second kappa shape index (κ2) is 4.93. The van der Waals surface area contributed by atoms with Gasteiger partial charge in [-0.25, -0.2) is 0 Å². The van der Waals surface area contributed by atoms with E-state index in [1.54, 1.807) is 24.9 Å². The fraction of sp³-hybridized carbons (Fsp3) is 0.400. The highest BCUT2D eigenvalue weighted by Gasteiger charge is 2.13. The van der Waals surface area contributed by atoms with Gasteiger partial charge in [0.1, 0.15) is 12.0 Å². The fourth-order valence-electron chi connectivity index (χ4n) is 1.16. The normalized spacial score (nSPS) is 10.0. The van der Waals surface area contributed by atoms with Crippen LogP contribution in [0.4, 0.5) is 0 Å². The van der Waals surface area contributed by atoms with Crippen molar-refractivity contribution in [1.29, 1.82) is 0 Å². The Labute approximate surface area is 94.0 Å². The van der Waals surface area contributed by atoms with Gasteiger partial charge < -0.3 is 15.1 Å². The molecule has 0 spiro atoms. The van der Waals surface area contributed by atoms with Crippen LogP contribution in [-0.2, 0) is 0 Å². The van der Waals surface area contributed by atoms with Crippen molar-refractivity contribution in [3.63, 3.8) is 0 Å². The van der Waals surface area contributed by atoms with Gasteiger partial charge >= 0.3 is 0 Å². The van der Waals surface area contributed by atoms with E-state index >= 15 is 0 Å². The highest BCUT2D eigenvalue weighted by atomic mass is 32.1. The Morgan fingerprint density at radius 2 is 2.33 bits per heavy atom. The average molecular weight is 226 g/mol. The lowest BCUT2D eigenvalue weighted by molar-refractivity contribution is 0.0798. The molecule has 0 fully saturated rings. The molecule has 0 bridgehead atoms. The first-order valence-electron chi connectivity index (χ1n) is 4.59. The number of furan rings is 1. The molecule has 82 valence electrons. The monoisotopic (exact) mass is 226 g/mol. The van der Waals surface area contributed by atoms with Crippen molar-refractivity contribution in [2.45, 2.75) is 13.3 Å². The number of carbonyl (C=O) groups excluding carboxylic acids is 1. The molecule has 1 amide bonds. The number of amides is 1. The van der Waals surface area contributed by atoms with E-state index in [1.807, 2.05) is 0 Å². The van der Waals surface area contributed by atoms with E-state index < -0.39 is 0 Å². The molecule has 15 heavy (non-hydrogen) atoms. The Kier molecular flexibility index (Phi) is 3.85. The standard InChI is InChI=1S/C10H14N2O2S/c1-7-5-8(6-14-7)10(13)12(2)4-3-9(11)15/h5-6H,3-4H2,1-2H3,(H2,11,15). The van der Waals surface area contributed by atoms with Crippen molar-refractivity contribution >= 4 is 23.1 Å². The number of thiocarbonyl (C=S) groups is 1. The molecule has 0 unspecified atom stereocenters. The third kappa shape index (κ3) is 3.36. The lowest BCUT2D eigenvalue weighted by Crippen LogP contribution is -2.29. The van der Waals surface area contributed by atoms with Crippen molar-refractivity contribution < 1.29 is 9.21 Å². The first-order valence-corrected chi connectivity index (χ1v) is 5.00. The van der Waals surface area contributed by atoms with Crippen molar-refractivity contribution in [3.05, 3.63) is 23.7 Å². The molecule has 0 aliphatic heterocycles. The molecule has 4 nitrogen and oxygen atoms in total. The average Bonchev–Trinajstić information content (AvgIpc) is 2.60. The summed E-state index contributed by atoms with van der Waals surface area (Å²) < 4.78 is 5.06. The molecule has 0 radical (unpaired) electrons. The van der Waals surface area contributed by atoms with E-state index in [1.165, 1.54) is 6.26 Å². The molecule has 1 aromatic heterocycles. The van der Waals surface area contributed by atoms with Gasteiger partial charge in [0.25, 0.3) is 5.91 Å². The number of hydrogen-bond acceptors (Lipinski definition) is 3. The molecule has 0 saturated heterocycles. The van der Waals surface area contributed by atoms with E-state index in [0.717, 1.165) is 5.76 Å². The van der Waals surface area contributed by atoms with E-state index in [9.17, 15) is 4.79 Å². The minimum atomic E-state index is -0.0805. The molecule has 1 heterocycles. The molecule has 2 N–H and O–H groups in total. The van der Waals surface area contributed by atoms with Crippen LogP contribution in [-0.4, -0.2) is 29.4 Å². The predicted molar refractivity (Wildman–Crippen MR) is 61.8 cm³/mol. The Morgan fingerprint density at radius 1 is 1.67 bits per heavy atom. The van der Waals surface area contributed by atoms with E-state index in [-0.39, 0.29) is 5.91 Å². The molecule has 1 aromatic rings. The Morgan fingerprint density at radius 3 is 2.80 bits per heavy atom. The highest BCUT2D eigenvalue weighted by Crippen LogP contribution is 2.08. The van der Waals surface area contributed by atoms with Crippen molar-refractivity contribution in [3.8, 4) is 0 Å². The van der Waals surface area contributed by atoms with E-state index in [4.69, 9.17) is 22.4 Å². The third-order valence-corrected chi connectivity index (χ3v) is 2.22. The van der Waals surface area contributed by atoms with Crippen molar-refractivity contribution in [2.75, 3.05) is 13.6 Å². The lowest BCUT2D eigenvalue weighted by atomic mass is 10.2. The SMILES string of the molecule is Cc1cc(C(=O)N(C)CCC(N)=S)co1. The number of hydrogen-bond donors (Lipinski definition) is 1. The summed E-state index contributed by atoms with van der Waals surface area (Å²) in [5, 5.41) is 0. The van der Waals surface area contributed by atoms with Gasteiger partial charge in [-0.05, 0) is 13.0 Å². The Bertz CT molecular complexity index is 373. The molecule has 0 aliphatic carbocycles. The van der Waals surface area contributed by atoms with Crippen LogP contribution in [0.2, 0.25) is 0 Å². The van der Waals surface area contributed by atoms with Gasteiger partial charge in [-0.2, -0.15) is 0 Å². The van der Waals surface area contributed by atoms with Gasteiger partial charge in [-0.15, -0.1) is 0 Å². The van der Waals surface area contributed by atoms with Crippen LogP contribution in [0, 0.1) is 6.92 Å². The van der Waals surface area contributed by atoms with Crippen molar-refractivity contribution in [1.82, 2.24) is 4.90 Å². The van der Waals surface area contributed by atoms with Gasteiger partial charge in [-0.1, -0.05) is 12.2 Å². The first-order chi connectivity index (χ1) is 7.00. The van der Waals surface area contributed by atoms with Crippen LogP contribution in [0.25, 0.3) is 0 Å². The Hall–Kier alpha value is -1.36. The zero-order valence-corrected chi connectivity index (χ0v) is 9.63. The van der Waals surface area contributed by atoms with Crippen LogP contribution < -0.4 is 5.73 Å². The number of carbonyl (C=O) groups is 1. The molecule has 0 aliphatic rings. The summed E-state index contributed by atoms with van der Waals surface area (Å²) in [6.07, 6.45) is 1.99. The summed E-state index contributed by atoms with van der Waals surface area (Å²) in [6.45, 7) is 2.32. The quantitative estimate of drug-likeness (QED) is 0.787. The molecule has 0 atom stereocenters. The second-order valence-corrected chi connectivity index (χ2v) is 3.91. The van der Waals surface area contributed by atoms with Crippen LogP contribution in [0.1, 0.15) is 22.5 Å². The minimum absolute atomic E-state index is 0.0805. The summed E-state index contributed by atoms with van der Waals surface area (Å²) in [5.74, 6) is 0.643. The molecular formula is C10H14N2O2S. The minimum Gasteiger partial charge on any atom is -0.469 e. The van der Waals surface area contributed by atoms with Crippen molar-refractivity contribution in [2.24, 2.45) is 5.73 Å². The van der Waals surface area contributed by atoms with Gasteiger partial charge in [0, 0.05) is 20.0 Å². The maximum Gasteiger partial charge on any atom is 0.256 e. The zero-order chi connectivity index (χ0) is 11.4. The summed E-state index contributed by atoms with van der Waals surface area (Å²) in [7, 11) is 1.71. The van der Waals surface area contributed by atoms with Gasteiger partial charge in [0.15, 0.2) is 0 Å². The smallest absolute Gasteiger partial charge is 0.256 e. The molecule has 0 saturated carbocycles. The van der Waals surface area contributed by atoms with E-state index in [0.29, 0.717) is 23.5 Å². The highest BCUT2D eigenvalue weighted by molar-refractivity contribution is 7.80. The maximum atomic E-state index is 11.8. The molecule has 1 rings (SSSR count). The molecule has 5 heteroatoms. The third-order valence-electron chi connectivity index (χ3n) is 2.02. The lowest BCUT2D eigenvalue weighted by Gasteiger charge is -2.15. The van der Waals surface area contributed by atoms with Crippen LogP contribution in [0.15, 0.2) is 16.7 Å². The topological polar surface area (TPSA) is 59.5 Å². The summed E-state index contributed by atoms with van der Waals surface area (Å²) in [6, 6.07) is 1.71. The molecular weight excluding hydrogens is 212 g/mol. The zero-order valence-electron chi connectivity index (χ0n) is 8.82. The van der Waals surface area contributed by atoms with Gasteiger partial charge in [0.05, 0.1) is 10.6 Å². The fourth-order valence-corrected chi connectivity index (χ4v) is 1.25. The Balaban J connectivity index is 2.57. The number of aryl methyl sites for hydroxylation is 1. The van der Waals surface area contributed by atoms with E-state index in [2.05, 4.69) is 0 Å². The van der Waals surface area contributed by atoms with Crippen LogP contribution >= 0.6 is 12.2 Å². The number of rotatable bonds is 4. The predicted octanol–water partition coefficient (Wildman–Crippen LogP) is 1.34. The maximum absolute atomic E-state index is 11.8. The van der Waals surface area contributed by atoms with Gasteiger partial charge in [0.2, 0.25) is 0 Å².